The van der Waals surface area contributed by atoms with Crippen molar-refractivity contribution in [3.05, 3.63) is 87.3 Å². The highest BCUT2D eigenvalue weighted by Crippen LogP contribution is 2.30. The summed E-state index contributed by atoms with van der Waals surface area (Å²) < 4.78 is 65.4. The Morgan fingerprint density at radius 2 is 1.52 bits per heavy atom. The van der Waals surface area contributed by atoms with E-state index in [4.69, 9.17) is 16.3 Å². The predicted octanol–water partition coefficient (Wildman–Crippen LogP) is 10.3. The number of carbonyl (C=O) groups is 1. The Bertz CT molecular complexity index is 1360. The van der Waals surface area contributed by atoms with Crippen molar-refractivity contribution in [1.29, 1.82) is 0 Å². The highest BCUT2D eigenvalue weighted by atomic mass is 35.5. The Morgan fingerprint density at radius 1 is 0.952 bits per heavy atom. The lowest BCUT2D eigenvalue weighted by molar-refractivity contribution is -0.137. The molecule has 0 saturated carbocycles. The van der Waals surface area contributed by atoms with Crippen LogP contribution in [0.15, 0.2) is 64.9 Å². The highest BCUT2D eigenvalue weighted by Gasteiger charge is 2.29. The van der Waals surface area contributed by atoms with Crippen molar-refractivity contribution in [2.24, 2.45) is 5.92 Å². The maximum atomic E-state index is 12.6. The van der Waals surface area contributed by atoms with Crippen LogP contribution in [0.3, 0.4) is 0 Å². The first-order valence-electron chi connectivity index (χ1n) is 13.5. The average molecular weight is 647 g/mol. The fourth-order valence-corrected chi connectivity index (χ4v) is 5.79. The van der Waals surface area contributed by atoms with E-state index < -0.39 is 27.5 Å². The second-order valence-electron chi connectivity index (χ2n) is 8.82. The van der Waals surface area contributed by atoms with Gasteiger partial charge in [0.25, 0.3) is 0 Å². The number of hydrogen-bond acceptors (Lipinski definition) is 5. The van der Waals surface area contributed by atoms with Crippen molar-refractivity contribution in [2.45, 2.75) is 78.1 Å². The number of aryl methyl sites for hydroxylation is 2. The summed E-state index contributed by atoms with van der Waals surface area (Å²) in [7, 11) is -3.05. The Balaban J connectivity index is 0.000000941. The zero-order chi connectivity index (χ0) is 31.2. The van der Waals surface area contributed by atoms with Crippen molar-refractivity contribution in [3.63, 3.8) is 0 Å². The number of sulfone groups is 1. The Morgan fingerprint density at radius 3 is 2.00 bits per heavy atom. The normalized spacial score (nSPS) is 14.3. The van der Waals surface area contributed by atoms with E-state index in [9.17, 15) is 26.4 Å². The summed E-state index contributed by atoms with van der Waals surface area (Å²) in [6.07, 6.45) is 3.76. The minimum atomic E-state index is -4.37. The lowest BCUT2D eigenvalue weighted by Gasteiger charge is -2.08. The Labute approximate surface area is 258 Å². The molecule has 0 radical (unpaired) electrons. The van der Waals surface area contributed by atoms with Gasteiger partial charge in [0.15, 0.2) is 9.84 Å². The molecule has 1 atom stereocenters. The molecular weight excluding hydrogens is 605 g/mol. The fraction of sp³-hybridized carbons (Fsp3) is 0.406. The van der Waals surface area contributed by atoms with Crippen molar-refractivity contribution < 1.29 is 31.1 Å². The molecule has 1 aliphatic carbocycles. The Kier molecular flexibility index (Phi) is 17.6. The molecule has 234 valence electrons. The van der Waals surface area contributed by atoms with Crippen LogP contribution >= 0.6 is 22.9 Å². The van der Waals surface area contributed by atoms with Crippen LogP contribution in [0.2, 0.25) is 4.34 Å². The molecule has 4 rings (SSSR count). The second-order valence-corrected chi connectivity index (χ2v) is 12.8. The van der Waals surface area contributed by atoms with Gasteiger partial charge in [-0.3, -0.25) is 0 Å². The van der Waals surface area contributed by atoms with Gasteiger partial charge in [0.2, 0.25) is 0 Å². The molecule has 42 heavy (non-hydrogen) atoms. The van der Waals surface area contributed by atoms with Gasteiger partial charge >= 0.3 is 12.1 Å². The third-order valence-corrected chi connectivity index (χ3v) is 8.82. The van der Waals surface area contributed by atoms with Crippen LogP contribution in [0.25, 0.3) is 6.08 Å². The second kappa shape index (κ2) is 18.8. The van der Waals surface area contributed by atoms with E-state index in [0.29, 0.717) is 25.8 Å². The predicted molar refractivity (Wildman–Crippen MR) is 170 cm³/mol. The summed E-state index contributed by atoms with van der Waals surface area (Å²) in [5.41, 5.74) is 2.30. The number of rotatable bonds is 4. The van der Waals surface area contributed by atoms with Crippen molar-refractivity contribution >= 4 is 44.8 Å². The van der Waals surface area contributed by atoms with Crippen LogP contribution in [0.5, 0.6) is 5.75 Å². The SMILES string of the molecule is C.CC.CC.CC1CCc2ccc(OC(=O)/C=C/c3ccc(C(F)(F)F)cc3)cc2CC1.CS(=O)(=O)c1ccc(Cl)s1. The molecule has 1 aliphatic rings. The topological polar surface area (TPSA) is 60.4 Å². The maximum absolute atomic E-state index is 12.6. The first-order valence-corrected chi connectivity index (χ1v) is 16.5. The summed E-state index contributed by atoms with van der Waals surface area (Å²) in [5.74, 6) is 0.622. The van der Waals surface area contributed by atoms with Gasteiger partial charge in [-0.2, -0.15) is 13.2 Å². The van der Waals surface area contributed by atoms with Gasteiger partial charge in [0.1, 0.15) is 9.96 Å². The number of benzene rings is 2. The van der Waals surface area contributed by atoms with E-state index in [1.165, 1.54) is 47.9 Å². The molecule has 0 amide bonds. The van der Waals surface area contributed by atoms with Gasteiger partial charge in [-0.05, 0) is 90.8 Å². The molecular formula is C32H42ClF3O4S2. The van der Waals surface area contributed by atoms with Crippen molar-refractivity contribution in [1.82, 2.24) is 0 Å². The van der Waals surface area contributed by atoms with E-state index in [0.717, 1.165) is 49.0 Å². The van der Waals surface area contributed by atoms with E-state index in [1.54, 1.807) is 12.1 Å². The first-order chi connectivity index (χ1) is 19.3. The summed E-state index contributed by atoms with van der Waals surface area (Å²) in [5, 5.41) is 0. The van der Waals surface area contributed by atoms with Gasteiger partial charge < -0.3 is 4.74 Å². The van der Waals surface area contributed by atoms with Crippen molar-refractivity contribution in [3.8, 4) is 5.75 Å². The van der Waals surface area contributed by atoms with Gasteiger partial charge in [0.05, 0.1) is 9.90 Å². The largest absolute Gasteiger partial charge is 0.423 e. The quantitative estimate of drug-likeness (QED) is 0.122. The molecule has 4 nitrogen and oxygen atoms in total. The molecule has 10 heteroatoms. The first kappa shape index (κ1) is 39.4. The third-order valence-electron chi connectivity index (χ3n) is 5.77. The summed E-state index contributed by atoms with van der Waals surface area (Å²) in [4.78, 5) is 12.0. The number of ether oxygens (including phenoxy) is 1. The van der Waals surface area contributed by atoms with Crippen LogP contribution in [0.1, 0.15) is 77.1 Å². The lowest BCUT2D eigenvalue weighted by Crippen LogP contribution is -2.05. The summed E-state index contributed by atoms with van der Waals surface area (Å²) >= 11 is 6.59. The Hall–Kier alpha value is -2.62. The van der Waals surface area contributed by atoms with Crippen LogP contribution in [-0.2, 0) is 33.6 Å². The average Bonchev–Trinajstić information content (AvgIpc) is 3.31. The number of esters is 1. The zero-order valence-electron chi connectivity index (χ0n) is 24.2. The van der Waals surface area contributed by atoms with Crippen LogP contribution in [-0.4, -0.2) is 20.6 Å². The molecule has 0 N–H and O–H groups in total. The number of halogens is 4. The number of alkyl halides is 3. The van der Waals surface area contributed by atoms with Gasteiger partial charge in [-0.25, -0.2) is 13.2 Å². The van der Waals surface area contributed by atoms with E-state index in [1.807, 2.05) is 39.8 Å². The fourth-order valence-electron chi connectivity index (χ4n) is 3.69. The van der Waals surface area contributed by atoms with Crippen LogP contribution in [0.4, 0.5) is 13.2 Å². The molecule has 1 aromatic heterocycles. The van der Waals surface area contributed by atoms with Crippen LogP contribution in [0, 0.1) is 5.92 Å². The van der Waals surface area contributed by atoms with E-state index >= 15 is 0 Å². The molecule has 0 aliphatic heterocycles. The summed E-state index contributed by atoms with van der Waals surface area (Å²) in [6, 6.07) is 13.4. The minimum Gasteiger partial charge on any atom is -0.423 e. The third kappa shape index (κ3) is 13.6. The smallest absolute Gasteiger partial charge is 0.416 e. The maximum Gasteiger partial charge on any atom is 0.416 e. The van der Waals surface area contributed by atoms with Gasteiger partial charge in [-0.1, -0.05) is 71.8 Å². The van der Waals surface area contributed by atoms with Gasteiger partial charge in [0, 0.05) is 12.3 Å². The molecule has 2 aromatic carbocycles. The zero-order valence-corrected chi connectivity index (χ0v) is 26.6. The molecule has 0 fully saturated rings. The number of thiophene rings is 1. The molecule has 0 bridgehead atoms. The molecule has 0 spiro atoms. The molecule has 1 heterocycles. The summed E-state index contributed by atoms with van der Waals surface area (Å²) in [6.45, 7) is 10.2. The van der Waals surface area contributed by atoms with E-state index in [2.05, 4.69) is 6.92 Å². The van der Waals surface area contributed by atoms with E-state index in [-0.39, 0.29) is 7.43 Å². The molecule has 3 aromatic rings. The monoisotopic (exact) mass is 646 g/mol. The standard InChI is InChI=1S/C22H21F3O2.C5H5ClO2S2.2C2H6.CH4/c1-15-2-7-17-9-12-20(14-18(17)8-3-15)27-21(26)13-6-16-4-10-19(11-5-16)22(23,24)25;1-10(7,8)5-3-2-4(6)9-5;2*1-2;/h4-6,9-15H,2-3,7-8H2,1H3;2-3H,1H3;2*1-2H3;1H4/b13-6+;;;;. The molecule has 0 saturated heterocycles. The van der Waals surface area contributed by atoms with Crippen LogP contribution < -0.4 is 4.74 Å². The highest BCUT2D eigenvalue weighted by molar-refractivity contribution is 7.92. The van der Waals surface area contributed by atoms with Crippen molar-refractivity contribution in [2.75, 3.05) is 6.26 Å². The number of carbonyl (C=O) groups excluding carboxylic acids is 1. The minimum absolute atomic E-state index is 0. The lowest BCUT2D eigenvalue weighted by atomic mass is 10.0. The van der Waals surface area contributed by atoms with Gasteiger partial charge in [-0.15, -0.1) is 11.3 Å². The number of hydrogen-bond donors (Lipinski definition) is 0. The molecule has 1 unspecified atom stereocenters. The number of fused-ring (bicyclic) bond motifs is 1.